The maximum absolute atomic E-state index is 13.5. The van der Waals surface area contributed by atoms with E-state index in [1.54, 1.807) is 31.2 Å². The first-order valence-electron chi connectivity index (χ1n) is 15.4. The second-order valence-electron chi connectivity index (χ2n) is 11.6. The standard InChI is InChI=1S/C31H42N6O8/c1-4-44-30(43)36-17-15-35(16-18-36)28(41)23(11-12-26(38)39)33-27(40)24-19-25(37(34-24)22-9-6-5-7-10-22)45-31(13-8-14-31)29(42)32-20-21(2)3/h5-7,9-10,19,21,23H,4,8,11-18,20H2,1-3H3,(H,32,42)(H,33,40)(H,38,39). The highest BCUT2D eigenvalue weighted by Gasteiger charge is 2.47. The number of piperazine rings is 1. The van der Waals surface area contributed by atoms with E-state index in [1.807, 2.05) is 19.9 Å². The minimum atomic E-state index is -1.14. The molecule has 0 spiro atoms. The number of aliphatic carboxylic acids is 1. The summed E-state index contributed by atoms with van der Waals surface area (Å²) in [5.74, 6) is -2.04. The number of aromatic nitrogens is 2. The minimum absolute atomic E-state index is 0.0637. The molecule has 1 aliphatic carbocycles. The molecule has 4 amide bonds. The van der Waals surface area contributed by atoms with Gasteiger partial charge in [0.25, 0.3) is 11.8 Å². The van der Waals surface area contributed by atoms with Crippen molar-refractivity contribution in [2.45, 2.75) is 64.5 Å². The van der Waals surface area contributed by atoms with Gasteiger partial charge in [-0.1, -0.05) is 32.0 Å². The van der Waals surface area contributed by atoms with Crippen LogP contribution in [0.4, 0.5) is 4.79 Å². The highest BCUT2D eigenvalue weighted by atomic mass is 16.6. The zero-order valence-corrected chi connectivity index (χ0v) is 26.0. The van der Waals surface area contributed by atoms with Gasteiger partial charge >= 0.3 is 12.1 Å². The molecule has 4 rings (SSSR count). The molecule has 0 radical (unpaired) electrons. The minimum Gasteiger partial charge on any atom is -0.481 e. The van der Waals surface area contributed by atoms with Crippen molar-refractivity contribution < 1.29 is 38.6 Å². The van der Waals surface area contributed by atoms with Gasteiger partial charge in [0, 0.05) is 45.2 Å². The van der Waals surface area contributed by atoms with Crippen LogP contribution < -0.4 is 15.4 Å². The topological polar surface area (TPSA) is 172 Å². The second-order valence-corrected chi connectivity index (χ2v) is 11.6. The van der Waals surface area contributed by atoms with Crippen LogP contribution in [0.2, 0.25) is 0 Å². The predicted octanol–water partition coefficient (Wildman–Crippen LogP) is 2.21. The van der Waals surface area contributed by atoms with E-state index in [2.05, 4.69) is 15.7 Å². The number of rotatable bonds is 13. The monoisotopic (exact) mass is 626 g/mol. The van der Waals surface area contributed by atoms with Gasteiger partial charge in [0.2, 0.25) is 11.8 Å². The molecule has 244 valence electrons. The van der Waals surface area contributed by atoms with Gasteiger partial charge in [-0.3, -0.25) is 19.2 Å². The Kier molecular flexibility index (Phi) is 11.0. The largest absolute Gasteiger partial charge is 0.481 e. The van der Waals surface area contributed by atoms with Gasteiger partial charge < -0.3 is 35.0 Å². The van der Waals surface area contributed by atoms with Crippen molar-refractivity contribution in [1.29, 1.82) is 0 Å². The number of carboxylic acid groups (broad SMARTS) is 1. The smallest absolute Gasteiger partial charge is 0.409 e. The fraction of sp³-hybridized carbons (Fsp3) is 0.548. The number of carboxylic acids is 1. The molecule has 1 aliphatic heterocycles. The SMILES string of the molecule is CCOC(=O)N1CCN(C(=O)C(CCC(=O)O)NC(=O)c2cc(OC3(C(=O)NCC(C)C)CCC3)n(-c3ccccc3)n2)CC1. The quantitative estimate of drug-likeness (QED) is 0.301. The lowest BCUT2D eigenvalue weighted by Crippen LogP contribution is -2.56. The van der Waals surface area contributed by atoms with Crippen LogP contribution in [0.25, 0.3) is 5.69 Å². The van der Waals surface area contributed by atoms with Crippen molar-refractivity contribution in [3.05, 3.63) is 42.1 Å². The van der Waals surface area contributed by atoms with E-state index in [4.69, 9.17) is 9.47 Å². The predicted molar refractivity (Wildman–Crippen MR) is 162 cm³/mol. The summed E-state index contributed by atoms with van der Waals surface area (Å²) in [5.41, 5.74) is -0.561. The zero-order valence-electron chi connectivity index (χ0n) is 26.0. The van der Waals surface area contributed by atoms with E-state index >= 15 is 0 Å². The van der Waals surface area contributed by atoms with E-state index in [0.29, 0.717) is 25.1 Å². The van der Waals surface area contributed by atoms with Crippen LogP contribution in [0.15, 0.2) is 36.4 Å². The summed E-state index contributed by atoms with van der Waals surface area (Å²) in [6.45, 7) is 7.36. The maximum Gasteiger partial charge on any atom is 0.409 e. The molecule has 1 saturated heterocycles. The van der Waals surface area contributed by atoms with Gasteiger partial charge in [-0.25, -0.2) is 9.48 Å². The maximum atomic E-state index is 13.5. The summed E-state index contributed by atoms with van der Waals surface area (Å²) in [4.78, 5) is 66.6. The zero-order chi connectivity index (χ0) is 32.6. The molecular formula is C31H42N6O8. The third kappa shape index (κ3) is 8.31. The molecule has 0 bridgehead atoms. The average molecular weight is 627 g/mol. The molecular weight excluding hydrogens is 584 g/mol. The van der Waals surface area contributed by atoms with E-state index in [-0.39, 0.29) is 69.0 Å². The molecule has 1 atom stereocenters. The Balaban J connectivity index is 1.54. The van der Waals surface area contributed by atoms with E-state index in [1.165, 1.54) is 20.5 Å². The van der Waals surface area contributed by atoms with Crippen molar-refractivity contribution in [3.63, 3.8) is 0 Å². The van der Waals surface area contributed by atoms with E-state index in [0.717, 1.165) is 6.42 Å². The number of benzene rings is 1. The van der Waals surface area contributed by atoms with Crippen LogP contribution in [-0.4, -0.2) is 105 Å². The summed E-state index contributed by atoms with van der Waals surface area (Å²) < 4.78 is 12.8. The summed E-state index contributed by atoms with van der Waals surface area (Å²) >= 11 is 0. The third-order valence-corrected chi connectivity index (χ3v) is 7.82. The van der Waals surface area contributed by atoms with Gasteiger partial charge in [-0.15, -0.1) is 0 Å². The third-order valence-electron chi connectivity index (χ3n) is 7.82. The van der Waals surface area contributed by atoms with Crippen LogP contribution in [-0.2, 0) is 19.1 Å². The molecule has 2 fully saturated rings. The van der Waals surface area contributed by atoms with Gasteiger partial charge in [0.1, 0.15) is 6.04 Å². The number of para-hydroxylation sites is 1. The van der Waals surface area contributed by atoms with E-state index < -0.39 is 35.5 Å². The average Bonchev–Trinajstić information content (AvgIpc) is 3.44. The van der Waals surface area contributed by atoms with Crippen molar-refractivity contribution in [2.75, 3.05) is 39.3 Å². The Morgan fingerprint density at radius 2 is 1.69 bits per heavy atom. The molecule has 2 aliphatic rings. The summed E-state index contributed by atoms with van der Waals surface area (Å²) in [6.07, 6.45) is 0.874. The molecule has 1 saturated carbocycles. The van der Waals surface area contributed by atoms with Gasteiger partial charge in [0.15, 0.2) is 11.3 Å². The molecule has 2 aromatic rings. The molecule has 45 heavy (non-hydrogen) atoms. The number of hydrogen-bond acceptors (Lipinski definition) is 8. The second kappa shape index (κ2) is 14.9. The lowest BCUT2D eigenvalue weighted by Gasteiger charge is -2.40. The number of nitrogens with one attached hydrogen (secondary N) is 2. The Labute approximate surface area is 262 Å². The number of nitrogens with zero attached hydrogens (tertiary/aromatic N) is 4. The van der Waals surface area contributed by atoms with Crippen LogP contribution in [0, 0.1) is 5.92 Å². The Morgan fingerprint density at radius 3 is 2.27 bits per heavy atom. The van der Waals surface area contributed by atoms with Crippen LogP contribution in [0.5, 0.6) is 5.88 Å². The summed E-state index contributed by atoms with van der Waals surface area (Å²) in [7, 11) is 0. The first kappa shape index (κ1) is 33.3. The summed E-state index contributed by atoms with van der Waals surface area (Å²) in [6, 6.07) is 9.28. The Morgan fingerprint density at radius 1 is 1.02 bits per heavy atom. The normalized spacial score (nSPS) is 16.4. The fourth-order valence-electron chi connectivity index (χ4n) is 5.14. The molecule has 14 nitrogen and oxygen atoms in total. The number of carbonyl (C=O) groups excluding carboxylic acids is 4. The van der Waals surface area contributed by atoms with Crippen molar-refractivity contribution >= 4 is 29.8 Å². The molecule has 14 heteroatoms. The highest BCUT2D eigenvalue weighted by molar-refractivity contribution is 5.96. The molecule has 2 heterocycles. The van der Waals surface area contributed by atoms with Gasteiger partial charge in [-0.05, 0) is 50.7 Å². The Bertz CT molecular complexity index is 1370. The number of ether oxygens (including phenoxy) is 2. The van der Waals surface area contributed by atoms with Gasteiger partial charge in [0.05, 0.1) is 12.3 Å². The molecule has 1 aromatic carbocycles. The molecule has 3 N–H and O–H groups in total. The van der Waals surface area contributed by atoms with Crippen molar-refractivity contribution in [1.82, 2.24) is 30.2 Å². The van der Waals surface area contributed by atoms with Gasteiger partial charge in [-0.2, -0.15) is 5.10 Å². The molecule has 1 unspecified atom stereocenters. The van der Waals surface area contributed by atoms with Crippen LogP contribution in [0.3, 0.4) is 0 Å². The number of hydrogen-bond donors (Lipinski definition) is 3. The van der Waals surface area contributed by atoms with Crippen LogP contribution in [0.1, 0.15) is 63.4 Å². The number of amides is 4. The molecule has 1 aromatic heterocycles. The van der Waals surface area contributed by atoms with E-state index in [9.17, 15) is 29.1 Å². The number of carbonyl (C=O) groups is 5. The Hall–Kier alpha value is -4.62. The highest BCUT2D eigenvalue weighted by Crippen LogP contribution is 2.38. The summed E-state index contributed by atoms with van der Waals surface area (Å²) in [5, 5.41) is 19.4. The van der Waals surface area contributed by atoms with Crippen molar-refractivity contribution in [2.24, 2.45) is 5.92 Å². The lowest BCUT2D eigenvalue weighted by atomic mass is 9.79. The first-order valence-corrected chi connectivity index (χ1v) is 15.4. The first-order chi connectivity index (χ1) is 21.5. The lowest BCUT2D eigenvalue weighted by molar-refractivity contribution is -0.145. The fourth-order valence-corrected chi connectivity index (χ4v) is 5.14. The van der Waals surface area contributed by atoms with Crippen LogP contribution >= 0.6 is 0 Å². The van der Waals surface area contributed by atoms with Crippen molar-refractivity contribution in [3.8, 4) is 11.6 Å².